The Kier molecular flexibility index (Phi) is 6.06. The van der Waals surface area contributed by atoms with Gasteiger partial charge in [0, 0.05) is 6.07 Å². The zero-order valence-electron chi connectivity index (χ0n) is 15.0. The fourth-order valence-electron chi connectivity index (χ4n) is 2.71. The monoisotopic (exact) mass is 440 g/mol. The first kappa shape index (κ1) is 19.6. The molecule has 1 N–H and O–H groups in total. The van der Waals surface area contributed by atoms with Gasteiger partial charge in [-0.15, -0.1) is 0 Å². The topological polar surface area (TPSA) is 81.5 Å². The van der Waals surface area contributed by atoms with Crippen molar-refractivity contribution >= 4 is 33.2 Å². The molecule has 3 rings (SSSR count). The molecule has 6 nitrogen and oxygen atoms in total. The number of carbonyl (C=O) groups is 1. The molecule has 3 aromatic rings. The molecular weight excluding hydrogens is 424 g/mol. The van der Waals surface area contributed by atoms with Crippen LogP contribution in [0.15, 0.2) is 71.2 Å². The largest absolute Gasteiger partial charge is 0.483 e. The molecule has 0 radical (unpaired) electrons. The summed E-state index contributed by atoms with van der Waals surface area (Å²) in [5.41, 5.74) is 2.85. The fraction of sp³-hybridized carbons (Fsp3) is 0.0952. The number of anilines is 1. The summed E-state index contributed by atoms with van der Waals surface area (Å²) in [7, 11) is 0. The third-order valence-electron chi connectivity index (χ3n) is 4.17. The molecule has 0 saturated heterocycles. The Bertz CT molecular complexity index is 1020. The van der Waals surface area contributed by atoms with Gasteiger partial charge in [0.05, 0.1) is 20.6 Å². The number of nitro groups is 1. The molecule has 1 amide bonds. The van der Waals surface area contributed by atoms with Gasteiger partial charge < -0.3 is 10.1 Å². The van der Waals surface area contributed by atoms with E-state index < -0.39 is 10.8 Å². The third-order valence-corrected chi connectivity index (χ3v) is 4.79. The minimum atomic E-state index is -0.479. The van der Waals surface area contributed by atoms with Gasteiger partial charge in [0.2, 0.25) is 0 Å². The Hall–Kier alpha value is -3.19. The van der Waals surface area contributed by atoms with Crippen molar-refractivity contribution in [3.8, 4) is 16.9 Å². The molecule has 0 unspecified atom stereocenters. The molecular formula is C21H17BrN2O4. The van der Waals surface area contributed by atoms with Crippen molar-refractivity contribution in [3.05, 3.63) is 86.9 Å². The van der Waals surface area contributed by atoms with Crippen LogP contribution in [0.1, 0.15) is 5.56 Å². The quantitative estimate of drug-likeness (QED) is 0.413. The smallest absolute Gasteiger partial charge is 0.274 e. The fourth-order valence-corrected chi connectivity index (χ4v) is 3.21. The number of nitrogens with one attached hydrogen (secondary N) is 1. The second-order valence-electron chi connectivity index (χ2n) is 6.05. The number of carbonyl (C=O) groups excluding carboxylic acids is 1. The second kappa shape index (κ2) is 8.67. The number of hydrogen-bond acceptors (Lipinski definition) is 4. The van der Waals surface area contributed by atoms with Gasteiger partial charge >= 0.3 is 0 Å². The van der Waals surface area contributed by atoms with Gasteiger partial charge in [0.1, 0.15) is 5.75 Å². The van der Waals surface area contributed by atoms with Crippen LogP contribution in [0.4, 0.5) is 11.4 Å². The van der Waals surface area contributed by atoms with Crippen LogP contribution in [0.2, 0.25) is 0 Å². The Morgan fingerprint density at radius 1 is 1.07 bits per heavy atom. The van der Waals surface area contributed by atoms with Gasteiger partial charge in [-0.25, -0.2) is 0 Å². The van der Waals surface area contributed by atoms with E-state index in [4.69, 9.17) is 4.74 Å². The number of halogens is 1. The standard InChI is InChI=1S/C21H17BrN2O4/c1-14-18(8-5-9-19(14)24(26)27)23-21(25)13-28-20-11-10-16(12-17(20)22)15-6-3-2-4-7-15/h2-12H,13H2,1H3,(H,23,25). The van der Waals surface area contributed by atoms with Crippen LogP contribution in [0, 0.1) is 17.0 Å². The first-order valence-corrected chi connectivity index (χ1v) is 9.26. The van der Waals surface area contributed by atoms with Crippen LogP contribution >= 0.6 is 15.9 Å². The minimum absolute atomic E-state index is 0.0436. The van der Waals surface area contributed by atoms with Crippen molar-refractivity contribution in [2.24, 2.45) is 0 Å². The van der Waals surface area contributed by atoms with Crippen LogP contribution < -0.4 is 10.1 Å². The summed E-state index contributed by atoms with van der Waals surface area (Å²) in [6, 6.07) is 20.1. The average molecular weight is 441 g/mol. The maximum absolute atomic E-state index is 12.2. The molecule has 0 aliphatic carbocycles. The Morgan fingerprint density at radius 3 is 2.50 bits per heavy atom. The van der Waals surface area contributed by atoms with Crippen LogP contribution in [-0.4, -0.2) is 17.4 Å². The summed E-state index contributed by atoms with van der Waals surface area (Å²) in [4.78, 5) is 22.7. The molecule has 0 atom stereocenters. The van der Waals surface area contributed by atoms with Gasteiger partial charge in [0.15, 0.2) is 6.61 Å². The number of hydrogen-bond donors (Lipinski definition) is 1. The second-order valence-corrected chi connectivity index (χ2v) is 6.91. The van der Waals surface area contributed by atoms with E-state index in [1.807, 2.05) is 42.5 Å². The Balaban J connectivity index is 1.65. The van der Waals surface area contributed by atoms with Gasteiger partial charge in [-0.3, -0.25) is 14.9 Å². The first-order valence-electron chi connectivity index (χ1n) is 8.47. The molecule has 0 spiro atoms. The highest BCUT2D eigenvalue weighted by molar-refractivity contribution is 9.10. The molecule has 0 aromatic heterocycles. The van der Waals surface area contributed by atoms with E-state index in [-0.39, 0.29) is 12.3 Å². The van der Waals surface area contributed by atoms with E-state index >= 15 is 0 Å². The third kappa shape index (κ3) is 4.55. The predicted molar refractivity (Wildman–Crippen MR) is 112 cm³/mol. The molecule has 3 aromatic carbocycles. The van der Waals surface area contributed by atoms with Gasteiger partial charge in [-0.1, -0.05) is 42.5 Å². The lowest BCUT2D eigenvalue weighted by atomic mass is 10.1. The molecule has 0 aliphatic rings. The molecule has 7 heteroatoms. The maximum atomic E-state index is 12.2. The zero-order valence-corrected chi connectivity index (χ0v) is 16.6. The van der Waals surface area contributed by atoms with Gasteiger partial charge in [-0.05, 0) is 52.2 Å². The first-order chi connectivity index (χ1) is 13.5. The van der Waals surface area contributed by atoms with Crippen molar-refractivity contribution < 1.29 is 14.5 Å². The zero-order chi connectivity index (χ0) is 20.1. The number of rotatable bonds is 6. The SMILES string of the molecule is Cc1c(NC(=O)COc2ccc(-c3ccccc3)cc2Br)cccc1[N+](=O)[O-]. The lowest BCUT2D eigenvalue weighted by Crippen LogP contribution is -2.21. The normalized spacial score (nSPS) is 10.4. The van der Waals surface area contributed by atoms with E-state index in [1.165, 1.54) is 12.1 Å². The van der Waals surface area contributed by atoms with E-state index in [0.717, 1.165) is 15.6 Å². The summed E-state index contributed by atoms with van der Waals surface area (Å²) in [6.07, 6.45) is 0. The summed E-state index contributed by atoms with van der Waals surface area (Å²) in [5.74, 6) is 0.133. The van der Waals surface area contributed by atoms with Gasteiger partial charge in [-0.2, -0.15) is 0 Å². The van der Waals surface area contributed by atoms with Crippen LogP contribution in [-0.2, 0) is 4.79 Å². The molecule has 0 bridgehead atoms. The Labute approximate surface area is 170 Å². The average Bonchev–Trinajstić information content (AvgIpc) is 2.69. The van der Waals surface area contributed by atoms with Crippen LogP contribution in [0.5, 0.6) is 5.75 Å². The molecule has 28 heavy (non-hydrogen) atoms. The van der Waals surface area contributed by atoms with E-state index in [2.05, 4.69) is 21.2 Å². The summed E-state index contributed by atoms with van der Waals surface area (Å²) in [6.45, 7) is 1.37. The molecule has 0 saturated carbocycles. The van der Waals surface area contributed by atoms with Crippen molar-refractivity contribution in [1.82, 2.24) is 0 Å². The number of amides is 1. The summed E-state index contributed by atoms with van der Waals surface area (Å²) >= 11 is 3.47. The van der Waals surface area contributed by atoms with Crippen molar-refractivity contribution in [3.63, 3.8) is 0 Å². The van der Waals surface area contributed by atoms with Crippen molar-refractivity contribution in [2.75, 3.05) is 11.9 Å². The van der Waals surface area contributed by atoms with E-state index in [1.54, 1.807) is 19.1 Å². The number of nitro benzene ring substituents is 1. The summed E-state index contributed by atoms with van der Waals surface area (Å²) in [5, 5.41) is 13.6. The Morgan fingerprint density at radius 2 is 1.82 bits per heavy atom. The van der Waals surface area contributed by atoms with E-state index in [9.17, 15) is 14.9 Å². The molecule has 142 valence electrons. The number of nitrogens with zero attached hydrogens (tertiary/aromatic N) is 1. The number of ether oxygens (including phenoxy) is 1. The van der Waals surface area contributed by atoms with Gasteiger partial charge in [0.25, 0.3) is 11.6 Å². The highest BCUT2D eigenvalue weighted by Gasteiger charge is 2.15. The highest BCUT2D eigenvalue weighted by atomic mass is 79.9. The lowest BCUT2D eigenvalue weighted by Gasteiger charge is -2.11. The lowest BCUT2D eigenvalue weighted by molar-refractivity contribution is -0.385. The molecule has 0 heterocycles. The minimum Gasteiger partial charge on any atom is -0.483 e. The molecule has 0 aliphatic heterocycles. The predicted octanol–water partition coefficient (Wildman–Crippen LogP) is 5.35. The molecule has 0 fully saturated rings. The van der Waals surface area contributed by atoms with Crippen molar-refractivity contribution in [1.29, 1.82) is 0 Å². The van der Waals surface area contributed by atoms with E-state index in [0.29, 0.717) is 17.0 Å². The maximum Gasteiger partial charge on any atom is 0.274 e. The van der Waals surface area contributed by atoms with Crippen molar-refractivity contribution in [2.45, 2.75) is 6.92 Å². The highest BCUT2D eigenvalue weighted by Crippen LogP contribution is 2.31. The number of benzene rings is 3. The van der Waals surface area contributed by atoms with Crippen LogP contribution in [0.25, 0.3) is 11.1 Å². The summed E-state index contributed by atoms with van der Waals surface area (Å²) < 4.78 is 6.32. The van der Waals surface area contributed by atoms with Crippen LogP contribution in [0.3, 0.4) is 0 Å².